The molecule has 2 atom stereocenters. The third-order valence-electron chi connectivity index (χ3n) is 3.82. The molecule has 1 heterocycles. The molecule has 0 saturated carbocycles. The van der Waals surface area contributed by atoms with Crippen molar-refractivity contribution in [3.8, 4) is 5.75 Å². The highest BCUT2D eigenvalue weighted by Gasteiger charge is 2.29. The summed E-state index contributed by atoms with van der Waals surface area (Å²) in [6.45, 7) is 2.57. The number of rotatable bonds is 3. The van der Waals surface area contributed by atoms with Crippen molar-refractivity contribution in [1.82, 2.24) is 4.90 Å². The summed E-state index contributed by atoms with van der Waals surface area (Å²) in [7, 11) is 1.55. The second-order valence-corrected chi connectivity index (χ2v) is 5.64. The van der Waals surface area contributed by atoms with Crippen molar-refractivity contribution in [2.45, 2.75) is 38.3 Å². The van der Waals surface area contributed by atoms with Gasteiger partial charge in [0.05, 0.1) is 18.9 Å². The van der Waals surface area contributed by atoms with Gasteiger partial charge in [0.1, 0.15) is 5.75 Å². The van der Waals surface area contributed by atoms with Gasteiger partial charge >= 0.3 is 6.03 Å². The number of benzene rings is 1. The number of piperidine rings is 1. The number of nitrogens with zero attached hydrogens (tertiary/aromatic N) is 1. The molecule has 1 aromatic carbocycles. The van der Waals surface area contributed by atoms with Gasteiger partial charge in [0.2, 0.25) is 0 Å². The lowest BCUT2D eigenvalue weighted by Gasteiger charge is -2.37. The van der Waals surface area contributed by atoms with Crippen LogP contribution in [0.15, 0.2) is 18.2 Å². The molecule has 1 aliphatic rings. The van der Waals surface area contributed by atoms with Crippen LogP contribution in [0.2, 0.25) is 5.02 Å². The number of urea groups is 1. The molecule has 0 radical (unpaired) electrons. The van der Waals surface area contributed by atoms with Gasteiger partial charge in [0, 0.05) is 17.6 Å². The summed E-state index contributed by atoms with van der Waals surface area (Å²) in [5.41, 5.74) is 0.552. The predicted octanol–water partition coefficient (Wildman–Crippen LogP) is 3.12. The van der Waals surface area contributed by atoms with Crippen molar-refractivity contribution < 1.29 is 14.6 Å². The molecule has 5 nitrogen and oxygen atoms in total. The zero-order valence-corrected chi connectivity index (χ0v) is 13.1. The Kier molecular flexibility index (Phi) is 5.31. The van der Waals surface area contributed by atoms with E-state index in [0.29, 0.717) is 35.8 Å². The molecule has 1 saturated heterocycles. The van der Waals surface area contributed by atoms with Crippen LogP contribution in [0.25, 0.3) is 0 Å². The fourth-order valence-electron chi connectivity index (χ4n) is 2.65. The second-order valence-electron chi connectivity index (χ2n) is 5.21. The Hall–Kier alpha value is -1.46. The van der Waals surface area contributed by atoms with Crippen molar-refractivity contribution >= 4 is 23.3 Å². The Morgan fingerprint density at radius 1 is 1.57 bits per heavy atom. The quantitative estimate of drug-likeness (QED) is 0.901. The number of hydrogen-bond acceptors (Lipinski definition) is 3. The third kappa shape index (κ3) is 3.80. The molecule has 0 spiro atoms. The smallest absolute Gasteiger partial charge is 0.322 e. The standard InChI is InChI=1S/C15H21ClN2O3/c1-3-11-9-12(19)6-7-18(11)15(20)17-13-8-10(16)4-5-14(13)21-2/h4-5,8,11-12,19H,3,6-7,9H2,1-2H3,(H,17,20)/t11-,12-/m0/s1. The summed E-state index contributed by atoms with van der Waals surface area (Å²) >= 11 is 5.96. The Bertz CT molecular complexity index is 510. The zero-order valence-electron chi connectivity index (χ0n) is 12.3. The third-order valence-corrected chi connectivity index (χ3v) is 4.06. The van der Waals surface area contributed by atoms with E-state index in [1.54, 1.807) is 30.2 Å². The largest absolute Gasteiger partial charge is 0.495 e. The highest BCUT2D eigenvalue weighted by atomic mass is 35.5. The summed E-state index contributed by atoms with van der Waals surface area (Å²) in [5.74, 6) is 0.567. The average Bonchev–Trinajstić information content (AvgIpc) is 2.47. The van der Waals surface area contributed by atoms with Gasteiger partial charge in [-0.3, -0.25) is 0 Å². The molecule has 0 aliphatic carbocycles. The Morgan fingerprint density at radius 2 is 2.33 bits per heavy atom. The Balaban J connectivity index is 2.12. The first kappa shape index (κ1) is 15.9. The molecule has 2 amide bonds. The van der Waals surface area contributed by atoms with E-state index in [1.165, 1.54) is 0 Å². The number of carbonyl (C=O) groups is 1. The molecule has 0 bridgehead atoms. The van der Waals surface area contributed by atoms with Crippen LogP contribution in [0.4, 0.5) is 10.5 Å². The lowest BCUT2D eigenvalue weighted by Crippen LogP contribution is -2.49. The maximum absolute atomic E-state index is 12.5. The topological polar surface area (TPSA) is 61.8 Å². The van der Waals surface area contributed by atoms with Crippen LogP contribution < -0.4 is 10.1 Å². The summed E-state index contributed by atoms with van der Waals surface area (Å²) in [4.78, 5) is 14.2. The summed E-state index contributed by atoms with van der Waals surface area (Å²) < 4.78 is 5.23. The zero-order chi connectivity index (χ0) is 15.4. The molecule has 116 valence electrons. The van der Waals surface area contributed by atoms with Gasteiger partial charge < -0.3 is 20.1 Å². The molecule has 2 rings (SSSR count). The molecule has 1 aliphatic heterocycles. The number of aliphatic hydroxyl groups is 1. The van der Waals surface area contributed by atoms with E-state index in [1.807, 2.05) is 6.92 Å². The van der Waals surface area contributed by atoms with E-state index in [-0.39, 0.29) is 18.2 Å². The number of ether oxygens (including phenoxy) is 1. The number of hydrogen-bond donors (Lipinski definition) is 2. The lowest BCUT2D eigenvalue weighted by atomic mass is 9.98. The normalized spacial score (nSPS) is 22.0. The summed E-state index contributed by atoms with van der Waals surface area (Å²) in [5, 5.41) is 13.1. The van der Waals surface area contributed by atoms with E-state index >= 15 is 0 Å². The number of carbonyl (C=O) groups excluding carboxylic acids is 1. The first-order valence-corrected chi connectivity index (χ1v) is 7.52. The number of likely N-dealkylation sites (tertiary alicyclic amines) is 1. The van der Waals surface area contributed by atoms with Crippen LogP contribution in [0.5, 0.6) is 5.75 Å². The monoisotopic (exact) mass is 312 g/mol. The first-order valence-electron chi connectivity index (χ1n) is 7.14. The number of aliphatic hydroxyl groups excluding tert-OH is 1. The molecule has 6 heteroatoms. The van der Waals surface area contributed by atoms with Crippen LogP contribution in [0.1, 0.15) is 26.2 Å². The van der Waals surface area contributed by atoms with Gasteiger partial charge in [0.15, 0.2) is 0 Å². The van der Waals surface area contributed by atoms with Crippen molar-refractivity contribution in [1.29, 1.82) is 0 Å². The minimum absolute atomic E-state index is 0.0546. The molecule has 0 unspecified atom stereocenters. The van der Waals surface area contributed by atoms with Gasteiger partial charge in [-0.2, -0.15) is 0 Å². The van der Waals surface area contributed by atoms with E-state index < -0.39 is 0 Å². The first-order chi connectivity index (χ1) is 10.0. The number of methoxy groups -OCH3 is 1. The fourth-order valence-corrected chi connectivity index (χ4v) is 2.82. The van der Waals surface area contributed by atoms with Crippen molar-refractivity contribution in [3.05, 3.63) is 23.2 Å². The Labute approximate surface area is 129 Å². The maximum Gasteiger partial charge on any atom is 0.322 e. The molecular weight excluding hydrogens is 292 g/mol. The van der Waals surface area contributed by atoms with Crippen LogP contribution in [-0.4, -0.2) is 41.8 Å². The maximum atomic E-state index is 12.5. The average molecular weight is 313 g/mol. The number of halogens is 1. The molecule has 0 aromatic heterocycles. The highest BCUT2D eigenvalue weighted by molar-refractivity contribution is 6.31. The molecule has 1 fully saturated rings. The molecular formula is C15H21ClN2O3. The number of anilines is 1. The predicted molar refractivity (Wildman–Crippen MR) is 83.0 cm³/mol. The van der Waals surface area contributed by atoms with Crippen LogP contribution in [0, 0.1) is 0 Å². The van der Waals surface area contributed by atoms with Gasteiger partial charge in [-0.15, -0.1) is 0 Å². The van der Waals surface area contributed by atoms with Gasteiger partial charge in [0.25, 0.3) is 0 Å². The number of amides is 2. The van der Waals surface area contributed by atoms with E-state index in [9.17, 15) is 9.90 Å². The lowest BCUT2D eigenvalue weighted by molar-refractivity contribution is 0.0613. The van der Waals surface area contributed by atoms with E-state index in [2.05, 4.69) is 5.32 Å². The van der Waals surface area contributed by atoms with Gasteiger partial charge in [-0.05, 0) is 37.5 Å². The Morgan fingerprint density at radius 3 is 3.00 bits per heavy atom. The highest BCUT2D eigenvalue weighted by Crippen LogP contribution is 2.29. The summed E-state index contributed by atoms with van der Waals surface area (Å²) in [6, 6.07) is 4.96. The van der Waals surface area contributed by atoms with Gasteiger partial charge in [-0.25, -0.2) is 4.79 Å². The van der Waals surface area contributed by atoms with E-state index in [0.717, 1.165) is 6.42 Å². The summed E-state index contributed by atoms with van der Waals surface area (Å²) in [6.07, 6.45) is 1.73. The van der Waals surface area contributed by atoms with Crippen molar-refractivity contribution in [2.75, 3.05) is 19.0 Å². The molecule has 1 aromatic rings. The molecule has 2 N–H and O–H groups in total. The van der Waals surface area contributed by atoms with Crippen LogP contribution in [-0.2, 0) is 0 Å². The van der Waals surface area contributed by atoms with Crippen molar-refractivity contribution in [2.24, 2.45) is 0 Å². The molecule has 21 heavy (non-hydrogen) atoms. The second kappa shape index (κ2) is 7.00. The van der Waals surface area contributed by atoms with Crippen molar-refractivity contribution in [3.63, 3.8) is 0 Å². The SMILES string of the molecule is CC[C@H]1C[C@@H](O)CCN1C(=O)Nc1cc(Cl)ccc1OC. The number of nitrogens with one attached hydrogen (secondary N) is 1. The van der Waals surface area contributed by atoms with Crippen LogP contribution in [0.3, 0.4) is 0 Å². The minimum Gasteiger partial charge on any atom is -0.495 e. The van der Waals surface area contributed by atoms with Gasteiger partial charge in [-0.1, -0.05) is 18.5 Å². The fraction of sp³-hybridized carbons (Fsp3) is 0.533. The van der Waals surface area contributed by atoms with Crippen LogP contribution >= 0.6 is 11.6 Å². The van der Waals surface area contributed by atoms with E-state index in [4.69, 9.17) is 16.3 Å². The minimum atomic E-state index is -0.320.